The fraction of sp³-hybridized carbons (Fsp3) is 0.235. The van der Waals surface area contributed by atoms with Gasteiger partial charge in [0.2, 0.25) is 0 Å². The van der Waals surface area contributed by atoms with Gasteiger partial charge in [0.25, 0.3) is 0 Å². The zero-order valence-electron chi connectivity index (χ0n) is 11.0. The Hall–Kier alpha value is -2.27. The van der Waals surface area contributed by atoms with Crippen LogP contribution in [0.4, 0.5) is 5.69 Å². The summed E-state index contributed by atoms with van der Waals surface area (Å²) in [4.78, 5) is 0. The number of rotatable bonds is 3. The van der Waals surface area contributed by atoms with Gasteiger partial charge in [-0.3, -0.25) is 0 Å². The normalized spacial score (nSPS) is 16.1. The molecule has 0 spiro atoms. The molecule has 0 saturated heterocycles. The monoisotopic (exact) mass is 248 g/mol. The van der Waals surface area contributed by atoms with Crippen LogP contribution >= 0.6 is 0 Å². The average Bonchev–Trinajstić information content (AvgIpc) is 2.41. The van der Waals surface area contributed by atoms with Crippen molar-refractivity contribution in [2.45, 2.75) is 19.3 Å². The van der Waals surface area contributed by atoms with Crippen LogP contribution in [0.3, 0.4) is 0 Å². The maximum Gasteiger partial charge on any atom is 0.0991 e. The van der Waals surface area contributed by atoms with Crippen molar-refractivity contribution in [1.82, 2.24) is 0 Å². The van der Waals surface area contributed by atoms with E-state index >= 15 is 0 Å². The highest BCUT2D eigenvalue weighted by Gasteiger charge is 2.24. The number of fused-ring (bicyclic) bond motifs is 1. The Bertz CT molecular complexity index is 653. The van der Waals surface area contributed by atoms with Crippen LogP contribution in [-0.4, -0.2) is 6.54 Å². The van der Waals surface area contributed by atoms with Crippen LogP contribution < -0.4 is 5.32 Å². The molecule has 94 valence electrons. The van der Waals surface area contributed by atoms with Crippen molar-refractivity contribution in [3.05, 3.63) is 64.7 Å². The molecule has 1 aliphatic rings. The topological polar surface area (TPSA) is 35.8 Å². The van der Waals surface area contributed by atoms with Crippen molar-refractivity contribution in [2.24, 2.45) is 0 Å². The summed E-state index contributed by atoms with van der Waals surface area (Å²) in [6, 6.07) is 16.6. The third-order valence-corrected chi connectivity index (χ3v) is 3.86. The number of anilines is 1. The predicted molar refractivity (Wildman–Crippen MR) is 77.3 cm³/mol. The maximum absolute atomic E-state index is 8.86. The molecule has 0 radical (unpaired) electrons. The first-order chi connectivity index (χ1) is 9.28. The van der Waals surface area contributed by atoms with Crippen LogP contribution in [-0.2, 0) is 6.42 Å². The quantitative estimate of drug-likeness (QED) is 0.900. The van der Waals surface area contributed by atoms with Crippen molar-refractivity contribution >= 4 is 5.69 Å². The fourth-order valence-corrected chi connectivity index (χ4v) is 2.71. The Kier molecular flexibility index (Phi) is 2.97. The number of hydrogen-bond donors (Lipinski definition) is 1. The van der Waals surface area contributed by atoms with Gasteiger partial charge < -0.3 is 5.32 Å². The SMILES string of the molecule is Cc1cc(C#N)ccc1NCC1Cc2ccccc21. The largest absolute Gasteiger partial charge is 0.384 e. The van der Waals surface area contributed by atoms with Crippen LogP contribution in [0.5, 0.6) is 0 Å². The molecule has 0 saturated carbocycles. The van der Waals surface area contributed by atoms with Gasteiger partial charge in [0.1, 0.15) is 0 Å². The lowest BCUT2D eigenvalue weighted by Gasteiger charge is -2.30. The van der Waals surface area contributed by atoms with E-state index < -0.39 is 0 Å². The fourth-order valence-electron chi connectivity index (χ4n) is 2.71. The van der Waals surface area contributed by atoms with Gasteiger partial charge in [0, 0.05) is 18.2 Å². The molecule has 1 N–H and O–H groups in total. The minimum absolute atomic E-state index is 0.617. The highest BCUT2D eigenvalue weighted by atomic mass is 14.9. The van der Waals surface area contributed by atoms with Crippen LogP contribution in [0.1, 0.15) is 28.2 Å². The molecule has 0 fully saturated rings. The van der Waals surface area contributed by atoms with Gasteiger partial charge in [0.05, 0.1) is 11.6 Å². The summed E-state index contributed by atoms with van der Waals surface area (Å²) >= 11 is 0. The van der Waals surface area contributed by atoms with Crippen molar-refractivity contribution in [3.63, 3.8) is 0 Å². The average molecular weight is 248 g/mol. The van der Waals surface area contributed by atoms with Crippen LogP contribution in [0.25, 0.3) is 0 Å². The van der Waals surface area contributed by atoms with Crippen LogP contribution in [0.2, 0.25) is 0 Å². The van der Waals surface area contributed by atoms with Crippen molar-refractivity contribution in [3.8, 4) is 6.07 Å². The van der Waals surface area contributed by atoms with E-state index in [2.05, 4.69) is 35.7 Å². The molecule has 3 rings (SSSR count). The Labute approximate surface area is 113 Å². The maximum atomic E-state index is 8.86. The first-order valence-electron chi connectivity index (χ1n) is 6.60. The van der Waals surface area contributed by atoms with Crippen molar-refractivity contribution in [2.75, 3.05) is 11.9 Å². The molecular formula is C17H16N2. The summed E-state index contributed by atoms with van der Waals surface area (Å²) in [5.74, 6) is 0.617. The highest BCUT2D eigenvalue weighted by molar-refractivity contribution is 5.55. The van der Waals surface area contributed by atoms with E-state index in [4.69, 9.17) is 5.26 Å². The molecule has 2 heteroatoms. The predicted octanol–water partition coefficient (Wildman–Crippen LogP) is 3.62. The summed E-state index contributed by atoms with van der Waals surface area (Å²) in [6.45, 7) is 3.00. The van der Waals surface area contributed by atoms with E-state index in [1.807, 2.05) is 25.1 Å². The van der Waals surface area contributed by atoms with Crippen molar-refractivity contribution in [1.29, 1.82) is 5.26 Å². The molecule has 1 unspecified atom stereocenters. The Balaban J connectivity index is 1.67. The molecule has 0 amide bonds. The lowest BCUT2D eigenvalue weighted by atomic mass is 9.77. The van der Waals surface area contributed by atoms with E-state index in [0.717, 1.165) is 23.4 Å². The molecule has 0 heterocycles. The number of nitrogens with one attached hydrogen (secondary N) is 1. The standard InChI is InChI=1S/C17H16N2/c1-12-8-13(10-18)6-7-17(12)19-11-15-9-14-4-2-3-5-16(14)15/h2-8,15,19H,9,11H2,1H3. The van der Waals surface area contributed by atoms with Gasteiger partial charge in [-0.15, -0.1) is 0 Å². The molecule has 1 atom stereocenters. The summed E-state index contributed by atoms with van der Waals surface area (Å²) in [5, 5.41) is 12.4. The second-order valence-electron chi connectivity index (χ2n) is 5.12. The molecular weight excluding hydrogens is 232 g/mol. The zero-order chi connectivity index (χ0) is 13.2. The third kappa shape index (κ3) is 2.20. The summed E-state index contributed by atoms with van der Waals surface area (Å²) in [5.41, 5.74) is 5.93. The highest BCUT2D eigenvalue weighted by Crippen LogP contribution is 2.34. The molecule has 2 nitrogen and oxygen atoms in total. The molecule has 19 heavy (non-hydrogen) atoms. The van der Waals surface area contributed by atoms with Gasteiger partial charge in [-0.1, -0.05) is 24.3 Å². The van der Waals surface area contributed by atoms with Gasteiger partial charge in [-0.2, -0.15) is 5.26 Å². The smallest absolute Gasteiger partial charge is 0.0991 e. The molecule has 0 aliphatic heterocycles. The Morgan fingerprint density at radius 2 is 2.11 bits per heavy atom. The van der Waals surface area contributed by atoms with E-state index in [-0.39, 0.29) is 0 Å². The minimum Gasteiger partial charge on any atom is -0.384 e. The van der Waals surface area contributed by atoms with E-state index in [1.54, 1.807) is 0 Å². The van der Waals surface area contributed by atoms with E-state index in [9.17, 15) is 0 Å². The lowest BCUT2D eigenvalue weighted by Crippen LogP contribution is -2.24. The molecule has 1 aliphatic carbocycles. The second kappa shape index (κ2) is 4.78. The summed E-state index contributed by atoms with van der Waals surface area (Å²) in [6.07, 6.45) is 1.17. The van der Waals surface area contributed by atoms with Gasteiger partial charge in [-0.05, 0) is 48.2 Å². The molecule has 2 aromatic carbocycles. The first kappa shape index (κ1) is 11.8. The second-order valence-corrected chi connectivity index (χ2v) is 5.12. The van der Waals surface area contributed by atoms with E-state index in [1.165, 1.54) is 17.5 Å². The van der Waals surface area contributed by atoms with Gasteiger partial charge >= 0.3 is 0 Å². The summed E-state index contributed by atoms with van der Waals surface area (Å²) < 4.78 is 0. The third-order valence-electron chi connectivity index (χ3n) is 3.86. The van der Waals surface area contributed by atoms with Crippen LogP contribution in [0.15, 0.2) is 42.5 Å². The zero-order valence-corrected chi connectivity index (χ0v) is 11.0. The van der Waals surface area contributed by atoms with Gasteiger partial charge in [-0.25, -0.2) is 0 Å². The van der Waals surface area contributed by atoms with E-state index in [0.29, 0.717) is 5.92 Å². The number of nitriles is 1. The van der Waals surface area contributed by atoms with Crippen molar-refractivity contribution < 1.29 is 0 Å². The number of aryl methyl sites for hydroxylation is 1. The summed E-state index contributed by atoms with van der Waals surface area (Å²) in [7, 11) is 0. The lowest BCUT2D eigenvalue weighted by molar-refractivity contribution is 0.635. The Morgan fingerprint density at radius 3 is 2.84 bits per heavy atom. The Morgan fingerprint density at radius 1 is 1.26 bits per heavy atom. The molecule has 0 aromatic heterocycles. The van der Waals surface area contributed by atoms with Gasteiger partial charge in [0.15, 0.2) is 0 Å². The molecule has 2 aromatic rings. The number of benzene rings is 2. The number of nitrogens with zero attached hydrogens (tertiary/aromatic N) is 1. The van der Waals surface area contributed by atoms with Crippen LogP contribution in [0, 0.1) is 18.3 Å². The minimum atomic E-state index is 0.617. The first-order valence-corrected chi connectivity index (χ1v) is 6.60. The molecule has 0 bridgehead atoms. The number of hydrogen-bond acceptors (Lipinski definition) is 2.